The molecule has 0 aliphatic heterocycles. The first-order chi connectivity index (χ1) is 13.5. The summed E-state index contributed by atoms with van der Waals surface area (Å²) in [6, 6.07) is 14.2. The molecule has 0 radical (unpaired) electrons. The topological polar surface area (TPSA) is 61.4 Å². The Hall–Kier alpha value is -2.25. The van der Waals surface area contributed by atoms with Gasteiger partial charge in [0, 0.05) is 28.8 Å². The van der Waals surface area contributed by atoms with Crippen LogP contribution in [-0.2, 0) is 0 Å². The molecule has 0 aromatic heterocycles. The molecule has 2 amide bonds. The summed E-state index contributed by atoms with van der Waals surface area (Å²) in [7, 11) is 0. The fourth-order valence-corrected chi connectivity index (χ4v) is 3.42. The van der Waals surface area contributed by atoms with Crippen molar-refractivity contribution in [3.63, 3.8) is 0 Å². The van der Waals surface area contributed by atoms with E-state index in [1.807, 2.05) is 11.0 Å². The van der Waals surface area contributed by atoms with Gasteiger partial charge < -0.3 is 10.2 Å². The van der Waals surface area contributed by atoms with Crippen LogP contribution in [0.3, 0.4) is 0 Å². The van der Waals surface area contributed by atoms with E-state index < -0.39 is 0 Å². The van der Waals surface area contributed by atoms with Crippen molar-refractivity contribution in [3.8, 4) is 0 Å². The molecule has 2 aromatic rings. The first-order valence-electron chi connectivity index (χ1n) is 9.22. The molecular formula is C21H24BrN3O2S. The normalized spacial score (nSPS) is 10.2. The Morgan fingerprint density at radius 3 is 2.36 bits per heavy atom. The van der Waals surface area contributed by atoms with Crippen LogP contribution in [0.2, 0.25) is 0 Å². The van der Waals surface area contributed by atoms with Crippen molar-refractivity contribution >= 4 is 50.8 Å². The molecule has 2 aromatic carbocycles. The van der Waals surface area contributed by atoms with E-state index in [9.17, 15) is 9.59 Å². The highest BCUT2D eigenvalue weighted by Gasteiger charge is 2.15. The summed E-state index contributed by atoms with van der Waals surface area (Å²) in [5.74, 6) is -0.315. The van der Waals surface area contributed by atoms with Crippen LogP contribution in [0.5, 0.6) is 0 Å². The standard InChI is InChI=1S/C21H24BrN3O2S/c1-3-12-25(13-4-2)20(27)15-8-7-9-16(14-15)23-21(28)24-19(26)17-10-5-6-11-18(17)22/h5-11,14H,3-4,12-13H2,1-2H3,(H2,23,24,26,28). The number of carbonyl (C=O) groups is 2. The van der Waals surface area contributed by atoms with E-state index in [4.69, 9.17) is 12.2 Å². The van der Waals surface area contributed by atoms with Gasteiger partial charge in [0.2, 0.25) is 0 Å². The number of thiocarbonyl (C=S) groups is 1. The zero-order chi connectivity index (χ0) is 20.5. The second kappa shape index (κ2) is 10.9. The van der Waals surface area contributed by atoms with Crippen LogP contribution >= 0.6 is 28.1 Å². The van der Waals surface area contributed by atoms with Crippen LogP contribution in [0.1, 0.15) is 47.4 Å². The van der Waals surface area contributed by atoms with Gasteiger partial charge >= 0.3 is 0 Å². The van der Waals surface area contributed by atoms with Crippen molar-refractivity contribution in [2.24, 2.45) is 0 Å². The van der Waals surface area contributed by atoms with Gasteiger partial charge in [0.25, 0.3) is 11.8 Å². The molecule has 0 atom stereocenters. The predicted octanol–water partition coefficient (Wildman–Crippen LogP) is 4.84. The highest BCUT2D eigenvalue weighted by atomic mass is 79.9. The molecule has 0 fully saturated rings. The lowest BCUT2D eigenvalue weighted by molar-refractivity contribution is 0.0755. The zero-order valence-electron chi connectivity index (χ0n) is 16.0. The van der Waals surface area contributed by atoms with Crippen molar-refractivity contribution in [1.29, 1.82) is 0 Å². The minimum absolute atomic E-state index is 0.00415. The smallest absolute Gasteiger partial charge is 0.258 e. The quantitative estimate of drug-likeness (QED) is 0.579. The lowest BCUT2D eigenvalue weighted by Gasteiger charge is -2.21. The highest BCUT2D eigenvalue weighted by Crippen LogP contribution is 2.16. The van der Waals surface area contributed by atoms with Gasteiger partial charge in [-0.3, -0.25) is 14.9 Å². The van der Waals surface area contributed by atoms with Gasteiger partial charge in [-0.05, 0) is 71.3 Å². The van der Waals surface area contributed by atoms with Crippen molar-refractivity contribution in [1.82, 2.24) is 10.2 Å². The van der Waals surface area contributed by atoms with Gasteiger partial charge in [0.05, 0.1) is 5.56 Å². The third-order valence-electron chi connectivity index (χ3n) is 3.99. The Bertz CT molecular complexity index is 851. The van der Waals surface area contributed by atoms with Crippen molar-refractivity contribution < 1.29 is 9.59 Å². The molecule has 0 saturated carbocycles. The summed E-state index contributed by atoms with van der Waals surface area (Å²) in [6.07, 6.45) is 1.82. The Morgan fingerprint density at radius 2 is 1.71 bits per heavy atom. The zero-order valence-corrected chi connectivity index (χ0v) is 18.4. The Labute approximate surface area is 179 Å². The minimum Gasteiger partial charge on any atom is -0.339 e. The lowest BCUT2D eigenvalue weighted by Crippen LogP contribution is -2.34. The van der Waals surface area contributed by atoms with Crippen LogP contribution in [0.15, 0.2) is 53.0 Å². The van der Waals surface area contributed by atoms with Crippen LogP contribution in [0.4, 0.5) is 5.69 Å². The van der Waals surface area contributed by atoms with Gasteiger partial charge in [-0.15, -0.1) is 0 Å². The summed E-state index contributed by atoms with van der Waals surface area (Å²) in [6.45, 7) is 5.57. The number of carbonyl (C=O) groups excluding carboxylic acids is 2. The number of nitrogens with one attached hydrogen (secondary N) is 2. The summed E-state index contributed by atoms with van der Waals surface area (Å²) in [4.78, 5) is 27.0. The van der Waals surface area contributed by atoms with Gasteiger partial charge in [0.15, 0.2) is 5.11 Å². The number of benzene rings is 2. The molecule has 0 saturated heterocycles. The van der Waals surface area contributed by atoms with Gasteiger partial charge in [-0.1, -0.05) is 32.0 Å². The Kier molecular flexibility index (Phi) is 8.60. The second-order valence-corrected chi connectivity index (χ2v) is 7.52. The Morgan fingerprint density at radius 1 is 1.04 bits per heavy atom. The fourth-order valence-electron chi connectivity index (χ4n) is 2.75. The van der Waals surface area contributed by atoms with Crippen LogP contribution in [0.25, 0.3) is 0 Å². The third kappa shape index (κ3) is 6.14. The molecule has 0 aliphatic carbocycles. The molecule has 2 N–H and O–H groups in total. The number of hydrogen-bond donors (Lipinski definition) is 2. The average Bonchev–Trinajstić information content (AvgIpc) is 2.67. The summed E-state index contributed by atoms with van der Waals surface area (Å²) >= 11 is 8.60. The van der Waals surface area contributed by atoms with Crippen molar-refractivity contribution in [2.75, 3.05) is 18.4 Å². The van der Waals surface area contributed by atoms with Crippen LogP contribution in [-0.4, -0.2) is 34.9 Å². The number of rotatable bonds is 7. The molecule has 0 bridgehead atoms. The first-order valence-corrected chi connectivity index (χ1v) is 10.4. The largest absolute Gasteiger partial charge is 0.339 e. The summed E-state index contributed by atoms with van der Waals surface area (Å²) < 4.78 is 0.690. The van der Waals surface area contributed by atoms with E-state index in [1.54, 1.807) is 42.5 Å². The van der Waals surface area contributed by atoms with Crippen molar-refractivity contribution in [3.05, 3.63) is 64.1 Å². The highest BCUT2D eigenvalue weighted by molar-refractivity contribution is 9.10. The number of halogens is 1. The maximum Gasteiger partial charge on any atom is 0.258 e. The molecule has 7 heteroatoms. The summed E-state index contributed by atoms with van der Waals surface area (Å²) in [5, 5.41) is 5.80. The molecule has 0 heterocycles. The molecule has 0 aliphatic rings. The van der Waals surface area contributed by atoms with Gasteiger partial charge in [0.1, 0.15) is 0 Å². The monoisotopic (exact) mass is 461 g/mol. The molecule has 0 unspecified atom stereocenters. The van der Waals surface area contributed by atoms with E-state index in [1.165, 1.54) is 0 Å². The molecule has 2 rings (SSSR count). The van der Waals surface area contributed by atoms with E-state index in [0.29, 0.717) is 21.3 Å². The molecule has 28 heavy (non-hydrogen) atoms. The average molecular weight is 462 g/mol. The number of nitrogens with zero attached hydrogens (tertiary/aromatic N) is 1. The summed E-state index contributed by atoms with van der Waals surface area (Å²) in [5.41, 5.74) is 1.73. The fraction of sp³-hybridized carbons (Fsp3) is 0.286. The third-order valence-corrected chi connectivity index (χ3v) is 4.88. The van der Waals surface area contributed by atoms with Crippen LogP contribution < -0.4 is 10.6 Å². The number of anilines is 1. The first kappa shape index (κ1) is 22.0. The molecule has 148 valence electrons. The minimum atomic E-state index is -0.311. The van der Waals surface area contributed by atoms with Crippen molar-refractivity contribution in [2.45, 2.75) is 26.7 Å². The maximum absolute atomic E-state index is 12.8. The van der Waals surface area contributed by atoms with E-state index in [2.05, 4.69) is 40.4 Å². The second-order valence-electron chi connectivity index (χ2n) is 6.26. The molecule has 5 nitrogen and oxygen atoms in total. The van der Waals surface area contributed by atoms with Crippen LogP contribution in [0, 0.1) is 0 Å². The van der Waals surface area contributed by atoms with E-state index >= 15 is 0 Å². The maximum atomic E-state index is 12.8. The van der Waals surface area contributed by atoms with Gasteiger partial charge in [-0.25, -0.2) is 0 Å². The van der Waals surface area contributed by atoms with E-state index in [-0.39, 0.29) is 16.9 Å². The predicted molar refractivity (Wildman–Crippen MR) is 121 cm³/mol. The lowest BCUT2D eigenvalue weighted by atomic mass is 10.1. The Balaban J connectivity index is 2.05. The number of amides is 2. The van der Waals surface area contributed by atoms with Gasteiger partial charge in [-0.2, -0.15) is 0 Å². The molecular weight excluding hydrogens is 438 g/mol. The van der Waals surface area contributed by atoms with E-state index in [0.717, 1.165) is 25.9 Å². The molecule has 0 spiro atoms. The number of hydrogen-bond acceptors (Lipinski definition) is 3. The SMILES string of the molecule is CCCN(CCC)C(=O)c1cccc(NC(=S)NC(=O)c2ccccc2Br)c1.